The zero-order valence-electron chi connectivity index (χ0n) is 11.8. The summed E-state index contributed by atoms with van der Waals surface area (Å²) in [6.45, 7) is 0.590. The second kappa shape index (κ2) is 8.06. The van der Waals surface area contributed by atoms with Crippen molar-refractivity contribution >= 4 is 33.8 Å². The lowest BCUT2D eigenvalue weighted by atomic mass is 10.2. The van der Waals surface area contributed by atoms with Crippen molar-refractivity contribution in [2.75, 3.05) is 20.3 Å². The summed E-state index contributed by atoms with van der Waals surface area (Å²) < 4.78 is 17.0. The van der Waals surface area contributed by atoms with Gasteiger partial charge < -0.3 is 14.2 Å². The van der Waals surface area contributed by atoms with Gasteiger partial charge in [0.25, 0.3) is 0 Å². The van der Waals surface area contributed by atoms with E-state index in [1.165, 1.54) is 0 Å². The van der Waals surface area contributed by atoms with Gasteiger partial charge in [0.05, 0.1) is 17.1 Å². The number of aldehydes is 1. The van der Waals surface area contributed by atoms with Crippen LogP contribution in [0.3, 0.4) is 0 Å². The van der Waals surface area contributed by atoms with E-state index < -0.39 is 0 Å². The van der Waals surface area contributed by atoms with Crippen LogP contribution in [0.4, 0.5) is 0 Å². The summed E-state index contributed by atoms with van der Waals surface area (Å²) in [5.74, 6) is 1.74. The van der Waals surface area contributed by atoms with Crippen LogP contribution in [-0.2, 0) is 0 Å². The second-order valence-corrected chi connectivity index (χ2v) is 5.56. The maximum Gasteiger partial charge on any atom is 0.161 e. The highest BCUT2D eigenvalue weighted by Gasteiger charge is 2.10. The molecule has 2 rings (SSSR count). The van der Waals surface area contributed by atoms with Gasteiger partial charge in [-0.3, -0.25) is 4.79 Å². The first-order chi connectivity index (χ1) is 10.7. The molecule has 116 valence electrons. The Kier molecular flexibility index (Phi) is 6.10. The molecule has 0 aliphatic heterocycles. The Morgan fingerprint density at radius 2 is 1.82 bits per heavy atom. The number of halogens is 2. The molecule has 0 atom stereocenters. The standard InChI is InChI=1S/C16H14BrClO4/c1-20-14-4-2-3-5-15(14)21-6-7-22-16-11(10-19)8-12(18)9-13(16)17/h2-5,8-10H,6-7H2,1H3. The molecule has 0 N–H and O–H groups in total. The maximum absolute atomic E-state index is 11.1. The van der Waals surface area contributed by atoms with Gasteiger partial charge in [-0.15, -0.1) is 0 Å². The summed E-state index contributed by atoms with van der Waals surface area (Å²) in [6.07, 6.45) is 0.701. The van der Waals surface area contributed by atoms with Gasteiger partial charge in [0.2, 0.25) is 0 Å². The van der Waals surface area contributed by atoms with E-state index in [9.17, 15) is 4.79 Å². The molecule has 6 heteroatoms. The van der Waals surface area contributed by atoms with Crippen molar-refractivity contribution in [2.45, 2.75) is 0 Å². The second-order valence-electron chi connectivity index (χ2n) is 4.27. The van der Waals surface area contributed by atoms with Gasteiger partial charge in [0.1, 0.15) is 19.0 Å². The number of carbonyl (C=O) groups is 1. The van der Waals surface area contributed by atoms with E-state index in [1.54, 1.807) is 19.2 Å². The molecule has 0 aliphatic carbocycles. The highest BCUT2D eigenvalue weighted by Crippen LogP contribution is 2.32. The molecule has 0 amide bonds. The Morgan fingerprint density at radius 1 is 1.14 bits per heavy atom. The summed E-state index contributed by atoms with van der Waals surface area (Å²) >= 11 is 9.22. The van der Waals surface area contributed by atoms with Gasteiger partial charge in [-0.25, -0.2) is 0 Å². The molecule has 0 unspecified atom stereocenters. The topological polar surface area (TPSA) is 44.8 Å². The molecule has 0 spiro atoms. The molecule has 4 nitrogen and oxygen atoms in total. The maximum atomic E-state index is 11.1. The van der Waals surface area contributed by atoms with Crippen molar-refractivity contribution in [3.8, 4) is 17.2 Å². The summed E-state index contributed by atoms with van der Waals surface area (Å²) in [7, 11) is 1.58. The van der Waals surface area contributed by atoms with Crippen LogP contribution in [0.2, 0.25) is 5.02 Å². The Morgan fingerprint density at radius 3 is 2.50 bits per heavy atom. The van der Waals surface area contributed by atoms with Gasteiger partial charge >= 0.3 is 0 Å². The molecule has 2 aromatic rings. The van der Waals surface area contributed by atoms with Crippen LogP contribution in [0.1, 0.15) is 10.4 Å². The highest BCUT2D eigenvalue weighted by atomic mass is 79.9. The summed E-state index contributed by atoms with van der Waals surface area (Å²) in [4.78, 5) is 11.1. The van der Waals surface area contributed by atoms with Crippen molar-refractivity contribution in [1.82, 2.24) is 0 Å². The summed E-state index contributed by atoms with van der Waals surface area (Å²) in [6, 6.07) is 10.6. The van der Waals surface area contributed by atoms with Crippen LogP contribution >= 0.6 is 27.5 Å². The first-order valence-electron chi connectivity index (χ1n) is 6.48. The number of rotatable bonds is 7. The van der Waals surface area contributed by atoms with Crippen LogP contribution in [0.25, 0.3) is 0 Å². The fraction of sp³-hybridized carbons (Fsp3) is 0.188. The van der Waals surface area contributed by atoms with Crippen LogP contribution in [-0.4, -0.2) is 26.6 Å². The molecule has 0 aromatic heterocycles. The Balaban J connectivity index is 1.96. The highest BCUT2D eigenvalue weighted by molar-refractivity contribution is 9.10. The third-order valence-corrected chi connectivity index (χ3v) is 3.63. The predicted molar refractivity (Wildman–Crippen MR) is 88.5 cm³/mol. The smallest absolute Gasteiger partial charge is 0.161 e. The third kappa shape index (κ3) is 4.15. The number of carbonyl (C=O) groups excluding carboxylic acids is 1. The zero-order chi connectivity index (χ0) is 15.9. The molecular formula is C16H14BrClO4. The molecule has 0 aliphatic rings. The van der Waals surface area contributed by atoms with Gasteiger partial charge in [-0.2, -0.15) is 0 Å². The molecule has 0 radical (unpaired) electrons. The van der Waals surface area contributed by atoms with Crippen LogP contribution in [0.5, 0.6) is 17.2 Å². The van der Waals surface area contributed by atoms with E-state index in [0.29, 0.717) is 45.2 Å². The van der Waals surface area contributed by atoms with Crippen molar-refractivity contribution in [1.29, 1.82) is 0 Å². The van der Waals surface area contributed by atoms with Crippen LogP contribution < -0.4 is 14.2 Å². The minimum absolute atomic E-state index is 0.277. The molecule has 2 aromatic carbocycles. The largest absolute Gasteiger partial charge is 0.493 e. The summed E-state index contributed by atoms with van der Waals surface area (Å²) in [5.41, 5.74) is 0.386. The lowest BCUT2D eigenvalue weighted by Gasteiger charge is -2.13. The zero-order valence-corrected chi connectivity index (χ0v) is 14.2. The molecule has 22 heavy (non-hydrogen) atoms. The minimum Gasteiger partial charge on any atom is -0.493 e. The monoisotopic (exact) mass is 384 g/mol. The van der Waals surface area contributed by atoms with E-state index in [4.69, 9.17) is 25.8 Å². The van der Waals surface area contributed by atoms with E-state index in [1.807, 2.05) is 24.3 Å². The van der Waals surface area contributed by atoms with Crippen molar-refractivity contribution < 1.29 is 19.0 Å². The fourth-order valence-corrected chi connectivity index (χ4v) is 2.80. The number of hydrogen-bond donors (Lipinski definition) is 0. The molecule has 0 heterocycles. The van der Waals surface area contributed by atoms with Gasteiger partial charge in [-0.1, -0.05) is 23.7 Å². The van der Waals surface area contributed by atoms with Gasteiger partial charge in [0, 0.05) is 5.02 Å². The van der Waals surface area contributed by atoms with Crippen molar-refractivity contribution in [3.63, 3.8) is 0 Å². The number of hydrogen-bond acceptors (Lipinski definition) is 4. The molecule has 0 bridgehead atoms. The number of ether oxygens (including phenoxy) is 3. The molecule has 0 saturated carbocycles. The lowest BCUT2D eigenvalue weighted by Crippen LogP contribution is -2.10. The Bertz CT molecular complexity index is 661. The van der Waals surface area contributed by atoms with E-state index in [0.717, 1.165) is 0 Å². The number of methoxy groups -OCH3 is 1. The lowest BCUT2D eigenvalue weighted by molar-refractivity contribution is 0.111. The van der Waals surface area contributed by atoms with Crippen LogP contribution in [0.15, 0.2) is 40.9 Å². The van der Waals surface area contributed by atoms with Crippen molar-refractivity contribution in [2.24, 2.45) is 0 Å². The minimum atomic E-state index is 0.277. The molecule has 0 saturated heterocycles. The third-order valence-electron chi connectivity index (χ3n) is 2.82. The Hall–Kier alpha value is -1.72. The van der Waals surface area contributed by atoms with Gasteiger partial charge in [0.15, 0.2) is 17.8 Å². The predicted octanol–water partition coefficient (Wildman–Crippen LogP) is 4.38. The first kappa shape index (κ1) is 16.6. The normalized spacial score (nSPS) is 10.1. The van der Waals surface area contributed by atoms with E-state index in [-0.39, 0.29) is 6.61 Å². The average Bonchev–Trinajstić information content (AvgIpc) is 2.52. The number of para-hydroxylation sites is 2. The molecule has 0 fully saturated rings. The quantitative estimate of drug-likeness (QED) is 0.524. The average molecular weight is 386 g/mol. The van der Waals surface area contributed by atoms with Gasteiger partial charge in [-0.05, 0) is 40.2 Å². The van der Waals surface area contributed by atoms with Crippen LogP contribution in [0, 0.1) is 0 Å². The first-order valence-corrected chi connectivity index (χ1v) is 7.65. The fourth-order valence-electron chi connectivity index (χ4n) is 1.85. The van der Waals surface area contributed by atoms with E-state index >= 15 is 0 Å². The Labute approximate surface area is 142 Å². The summed E-state index contributed by atoms with van der Waals surface area (Å²) in [5, 5.41) is 0.464. The molecular weight excluding hydrogens is 372 g/mol. The SMILES string of the molecule is COc1ccccc1OCCOc1c(Br)cc(Cl)cc1C=O. The van der Waals surface area contributed by atoms with Crippen molar-refractivity contribution in [3.05, 3.63) is 51.5 Å². The van der Waals surface area contributed by atoms with E-state index in [2.05, 4.69) is 15.9 Å². The number of benzene rings is 2.